The van der Waals surface area contributed by atoms with Gasteiger partial charge in [0.05, 0.1) is 5.69 Å². The average Bonchev–Trinajstić information content (AvgIpc) is 3.11. The van der Waals surface area contributed by atoms with Crippen molar-refractivity contribution in [3.63, 3.8) is 0 Å². The Morgan fingerprint density at radius 2 is 1.88 bits per heavy atom. The average molecular weight is 374 g/mol. The monoisotopic (exact) mass is 373 g/mol. The van der Waals surface area contributed by atoms with E-state index in [0.29, 0.717) is 16.5 Å². The van der Waals surface area contributed by atoms with Gasteiger partial charge in [0.2, 0.25) is 0 Å². The van der Waals surface area contributed by atoms with Gasteiger partial charge in [-0.2, -0.15) is 0 Å². The third-order valence-electron chi connectivity index (χ3n) is 3.37. The summed E-state index contributed by atoms with van der Waals surface area (Å²) in [4.78, 5) is 16.4. The maximum Gasteiger partial charge on any atom is 0.262 e. The van der Waals surface area contributed by atoms with Crippen molar-refractivity contribution in [2.45, 2.75) is 0 Å². The van der Waals surface area contributed by atoms with Crippen molar-refractivity contribution in [3.05, 3.63) is 58.9 Å². The first-order chi connectivity index (χ1) is 12.1. The maximum atomic E-state index is 12.0. The summed E-state index contributed by atoms with van der Waals surface area (Å²) < 4.78 is 5.42. The van der Waals surface area contributed by atoms with Crippen LogP contribution < -0.4 is 15.4 Å². The molecule has 1 heterocycles. The summed E-state index contributed by atoms with van der Waals surface area (Å²) in [5.74, 6) is 0.368. The number of halogens is 1. The topological polar surface area (TPSA) is 63.2 Å². The lowest BCUT2D eigenvalue weighted by atomic mass is 10.1. The van der Waals surface area contributed by atoms with Crippen molar-refractivity contribution < 1.29 is 9.53 Å². The Balaban J connectivity index is 1.55. The van der Waals surface area contributed by atoms with E-state index in [2.05, 4.69) is 15.6 Å². The summed E-state index contributed by atoms with van der Waals surface area (Å²) in [5.41, 5.74) is 2.60. The molecule has 0 aliphatic carbocycles. The quantitative estimate of drug-likeness (QED) is 0.666. The van der Waals surface area contributed by atoms with E-state index in [1.54, 1.807) is 35.6 Å². The lowest BCUT2D eigenvalue weighted by Crippen LogP contribution is -2.20. The highest BCUT2D eigenvalue weighted by molar-refractivity contribution is 7.14. The zero-order chi connectivity index (χ0) is 17.6. The number of amides is 1. The molecule has 2 aromatic carbocycles. The highest BCUT2D eigenvalue weighted by Gasteiger charge is 2.06. The van der Waals surface area contributed by atoms with E-state index in [9.17, 15) is 4.79 Å². The number of nitrogens with zero attached hydrogens (tertiary/aromatic N) is 1. The second kappa shape index (κ2) is 8.00. The Kier molecular flexibility index (Phi) is 5.53. The van der Waals surface area contributed by atoms with Gasteiger partial charge in [-0.05, 0) is 36.4 Å². The lowest BCUT2D eigenvalue weighted by Gasteiger charge is -2.08. The van der Waals surface area contributed by atoms with Crippen LogP contribution in [0.2, 0.25) is 5.02 Å². The lowest BCUT2D eigenvalue weighted by molar-refractivity contribution is -0.118. The second-order valence-electron chi connectivity index (χ2n) is 5.16. The van der Waals surface area contributed by atoms with Crippen LogP contribution >= 0.6 is 22.9 Å². The predicted molar refractivity (Wildman–Crippen MR) is 103 cm³/mol. The molecule has 3 aromatic rings. The zero-order valence-electron chi connectivity index (χ0n) is 13.5. The fourth-order valence-electron chi connectivity index (χ4n) is 2.12. The highest BCUT2D eigenvalue weighted by atomic mass is 35.5. The van der Waals surface area contributed by atoms with Gasteiger partial charge in [-0.3, -0.25) is 4.79 Å². The van der Waals surface area contributed by atoms with Crippen molar-refractivity contribution >= 4 is 39.7 Å². The number of ether oxygens (including phenoxy) is 1. The normalized spacial score (nSPS) is 10.3. The molecule has 1 amide bonds. The van der Waals surface area contributed by atoms with Gasteiger partial charge in [-0.15, -0.1) is 11.3 Å². The van der Waals surface area contributed by atoms with Gasteiger partial charge < -0.3 is 15.4 Å². The van der Waals surface area contributed by atoms with Crippen molar-refractivity contribution in [1.29, 1.82) is 0 Å². The summed E-state index contributed by atoms with van der Waals surface area (Å²) in [6, 6.07) is 14.4. The molecule has 0 radical (unpaired) electrons. The van der Waals surface area contributed by atoms with E-state index in [1.165, 1.54) is 0 Å². The first-order valence-electron chi connectivity index (χ1n) is 7.56. The molecule has 3 rings (SSSR count). The molecule has 5 nitrogen and oxygen atoms in total. The van der Waals surface area contributed by atoms with Crippen molar-refractivity contribution in [2.75, 3.05) is 24.3 Å². The molecule has 7 heteroatoms. The van der Waals surface area contributed by atoms with Gasteiger partial charge in [0, 0.05) is 28.7 Å². The minimum absolute atomic E-state index is 0.0685. The Bertz CT molecular complexity index is 848. The molecule has 25 heavy (non-hydrogen) atoms. The van der Waals surface area contributed by atoms with Crippen LogP contribution in [0.5, 0.6) is 5.75 Å². The summed E-state index contributed by atoms with van der Waals surface area (Å²) in [5, 5.41) is 9.29. The summed E-state index contributed by atoms with van der Waals surface area (Å²) >= 11 is 7.35. The number of nitrogens with one attached hydrogen (secondary N) is 2. The third-order valence-corrected chi connectivity index (χ3v) is 4.48. The molecular weight excluding hydrogens is 358 g/mol. The Hall–Kier alpha value is -2.57. The van der Waals surface area contributed by atoms with Crippen LogP contribution in [0.4, 0.5) is 10.8 Å². The number of carbonyl (C=O) groups is 1. The van der Waals surface area contributed by atoms with Gasteiger partial charge in [0.1, 0.15) is 5.75 Å². The van der Waals surface area contributed by atoms with E-state index in [4.69, 9.17) is 16.3 Å². The summed E-state index contributed by atoms with van der Waals surface area (Å²) in [7, 11) is 1.84. The predicted octanol–water partition coefficient (Wildman–Crippen LogP) is 4.52. The third kappa shape index (κ3) is 4.71. The van der Waals surface area contributed by atoms with E-state index in [1.807, 2.05) is 36.7 Å². The standard InChI is InChI=1S/C18H16ClN3O2S/c1-20-18-22-16(11-25-18)12-2-6-14(7-3-12)21-17(23)10-24-15-8-4-13(19)5-9-15/h2-9,11H,10H2,1H3,(H,20,22)(H,21,23). The van der Waals surface area contributed by atoms with Crippen LogP contribution in [-0.4, -0.2) is 24.5 Å². The molecule has 0 saturated heterocycles. The fourth-order valence-corrected chi connectivity index (χ4v) is 2.93. The molecule has 128 valence electrons. The SMILES string of the molecule is CNc1nc(-c2ccc(NC(=O)COc3ccc(Cl)cc3)cc2)cs1. The molecule has 0 aliphatic rings. The molecule has 0 fully saturated rings. The van der Waals surface area contributed by atoms with E-state index in [0.717, 1.165) is 16.4 Å². The number of hydrogen-bond acceptors (Lipinski definition) is 5. The summed E-state index contributed by atoms with van der Waals surface area (Å²) in [6.45, 7) is -0.0685. The molecular formula is C18H16ClN3O2S. The Labute approximate surface area is 154 Å². The van der Waals surface area contributed by atoms with Gasteiger partial charge in [0.15, 0.2) is 11.7 Å². The molecule has 0 aliphatic heterocycles. The fraction of sp³-hybridized carbons (Fsp3) is 0.111. The zero-order valence-corrected chi connectivity index (χ0v) is 15.0. The summed E-state index contributed by atoms with van der Waals surface area (Å²) in [6.07, 6.45) is 0. The molecule has 0 saturated carbocycles. The van der Waals surface area contributed by atoms with Crippen LogP contribution in [0.1, 0.15) is 0 Å². The van der Waals surface area contributed by atoms with E-state index >= 15 is 0 Å². The molecule has 0 unspecified atom stereocenters. The molecule has 0 atom stereocenters. The first kappa shape index (κ1) is 17.3. The maximum absolute atomic E-state index is 12.0. The minimum atomic E-state index is -0.228. The van der Waals surface area contributed by atoms with Gasteiger partial charge >= 0.3 is 0 Å². The number of anilines is 2. The Morgan fingerprint density at radius 3 is 2.52 bits per heavy atom. The van der Waals surface area contributed by atoms with Crippen LogP contribution in [-0.2, 0) is 4.79 Å². The van der Waals surface area contributed by atoms with E-state index in [-0.39, 0.29) is 12.5 Å². The minimum Gasteiger partial charge on any atom is -0.484 e. The van der Waals surface area contributed by atoms with Gasteiger partial charge in [-0.25, -0.2) is 4.98 Å². The highest BCUT2D eigenvalue weighted by Crippen LogP contribution is 2.25. The molecule has 2 N–H and O–H groups in total. The second-order valence-corrected chi connectivity index (χ2v) is 6.45. The van der Waals surface area contributed by atoms with Gasteiger partial charge in [0.25, 0.3) is 5.91 Å². The number of carbonyl (C=O) groups excluding carboxylic acids is 1. The van der Waals surface area contributed by atoms with Crippen molar-refractivity contribution in [2.24, 2.45) is 0 Å². The van der Waals surface area contributed by atoms with E-state index < -0.39 is 0 Å². The van der Waals surface area contributed by atoms with Crippen molar-refractivity contribution in [1.82, 2.24) is 4.98 Å². The Morgan fingerprint density at radius 1 is 1.16 bits per heavy atom. The van der Waals surface area contributed by atoms with Crippen molar-refractivity contribution in [3.8, 4) is 17.0 Å². The van der Waals surface area contributed by atoms with Crippen LogP contribution in [0.15, 0.2) is 53.9 Å². The largest absolute Gasteiger partial charge is 0.484 e. The van der Waals surface area contributed by atoms with Crippen LogP contribution in [0.25, 0.3) is 11.3 Å². The van der Waals surface area contributed by atoms with Crippen LogP contribution in [0.3, 0.4) is 0 Å². The number of thiazole rings is 1. The number of hydrogen-bond donors (Lipinski definition) is 2. The number of rotatable bonds is 6. The molecule has 0 bridgehead atoms. The van der Waals surface area contributed by atoms with Gasteiger partial charge in [-0.1, -0.05) is 23.7 Å². The molecule has 1 aromatic heterocycles. The number of aromatic nitrogens is 1. The molecule has 0 spiro atoms. The van der Waals surface area contributed by atoms with Crippen LogP contribution in [0, 0.1) is 0 Å². The first-order valence-corrected chi connectivity index (χ1v) is 8.82. The number of benzene rings is 2. The smallest absolute Gasteiger partial charge is 0.262 e.